The van der Waals surface area contributed by atoms with Gasteiger partial charge in [-0.05, 0) is 13.3 Å². The maximum Gasteiger partial charge on any atom is 0.306 e. The van der Waals surface area contributed by atoms with Crippen LogP contribution in [0.4, 0.5) is 0 Å². The Kier molecular flexibility index (Phi) is 31.6. The van der Waals surface area contributed by atoms with Gasteiger partial charge in [0.05, 0.1) is 26.4 Å². The Morgan fingerprint density at radius 2 is 1.15 bits per heavy atom. The number of hydrogen-bond acceptors (Lipinski definition) is 7. The number of ether oxygens (including phenoxy) is 3. The summed E-state index contributed by atoms with van der Waals surface area (Å²) >= 11 is 0. The van der Waals surface area contributed by atoms with Crippen LogP contribution in [0.3, 0.4) is 0 Å². The zero-order chi connectivity index (χ0) is 25.7. The van der Waals surface area contributed by atoms with Crippen LogP contribution in [-0.2, 0) is 19.0 Å². The lowest BCUT2D eigenvalue weighted by Gasteiger charge is -2.18. The topological polar surface area (TPSA) is 105 Å². The molecule has 0 saturated heterocycles. The second kappa shape index (κ2) is 30.3. The van der Waals surface area contributed by atoms with Gasteiger partial charge >= 0.3 is 5.97 Å². The zero-order valence-corrected chi connectivity index (χ0v) is 22.5. The summed E-state index contributed by atoms with van der Waals surface area (Å²) < 4.78 is 15.7. The number of esters is 1. The van der Waals surface area contributed by atoms with Crippen LogP contribution >= 0.6 is 0 Å². The fourth-order valence-electron chi connectivity index (χ4n) is 3.58. The quantitative estimate of drug-likeness (QED) is 0.126. The Morgan fingerprint density at radius 3 is 1.56 bits per heavy atom. The van der Waals surface area contributed by atoms with E-state index in [1.54, 1.807) is 6.92 Å². The van der Waals surface area contributed by atoms with E-state index < -0.39 is 12.2 Å². The summed E-state index contributed by atoms with van der Waals surface area (Å²) in [6.07, 6.45) is 18.5. The minimum Gasteiger partial charge on any atom is -0.457 e. The molecule has 206 valence electrons. The fraction of sp³-hybridized carbons (Fsp3) is 0.963. The largest absolute Gasteiger partial charge is 0.457 e. The first-order valence-electron chi connectivity index (χ1n) is 13.7. The summed E-state index contributed by atoms with van der Waals surface area (Å²) in [6, 6.07) is 0. The van der Waals surface area contributed by atoms with E-state index in [9.17, 15) is 9.90 Å². The van der Waals surface area contributed by atoms with Gasteiger partial charge in [0.1, 0.15) is 12.2 Å². The lowest BCUT2D eigenvalue weighted by molar-refractivity contribution is -0.156. The van der Waals surface area contributed by atoms with Crippen molar-refractivity contribution in [1.82, 2.24) is 0 Å². The summed E-state index contributed by atoms with van der Waals surface area (Å²) in [6.45, 7) is 4.25. The monoisotopic (exact) mass is 492 g/mol. The van der Waals surface area contributed by atoms with E-state index >= 15 is 0 Å². The van der Waals surface area contributed by atoms with Gasteiger partial charge in [0.25, 0.3) is 0 Å². The highest BCUT2D eigenvalue weighted by Gasteiger charge is 2.15. The van der Waals surface area contributed by atoms with Gasteiger partial charge in [0.15, 0.2) is 0 Å². The zero-order valence-electron chi connectivity index (χ0n) is 22.5. The standard InChI is InChI=1S/C25H50O6.C2H6O/c1-3-4-5-6-7-8-9-10-11-12-13-14-15-16-17-18-25(28)31-24(21-29-2)22-30-20-23(27)19-26;1-2-3/h23-24,26-27H,3-22H2,1-2H3;3H,2H2,1H3. The SMILES string of the molecule is CCCCCCCCCCCCCCCCCC(=O)OC(COC)COCC(O)CO.CCO. The minimum atomic E-state index is -0.917. The molecule has 3 N–H and O–H groups in total. The Bertz CT molecular complexity index is 393. The van der Waals surface area contributed by atoms with E-state index in [-0.39, 0.29) is 39.0 Å². The van der Waals surface area contributed by atoms with Crippen LogP contribution in [0.2, 0.25) is 0 Å². The van der Waals surface area contributed by atoms with Crippen molar-refractivity contribution >= 4 is 5.97 Å². The van der Waals surface area contributed by atoms with E-state index in [1.165, 1.54) is 90.6 Å². The third-order valence-electron chi connectivity index (χ3n) is 5.46. The molecule has 0 fully saturated rings. The summed E-state index contributed by atoms with van der Waals surface area (Å²) in [5.74, 6) is -0.233. The van der Waals surface area contributed by atoms with Gasteiger partial charge in [-0.25, -0.2) is 0 Å². The van der Waals surface area contributed by atoms with E-state index in [1.807, 2.05) is 0 Å². The van der Waals surface area contributed by atoms with Crippen LogP contribution in [0.1, 0.15) is 117 Å². The molecule has 0 aromatic carbocycles. The summed E-state index contributed by atoms with van der Waals surface area (Å²) in [5, 5.41) is 25.6. The number of rotatable bonds is 24. The average molecular weight is 493 g/mol. The van der Waals surface area contributed by atoms with Crippen LogP contribution in [-0.4, -0.2) is 73.6 Å². The van der Waals surface area contributed by atoms with Crippen LogP contribution in [0.15, 0.2) is 0 Å². The number of carbonyl (C=O) groups is 1. The van der Waals surface area contributed by atoms with Crippen molar-refractivity contribution in [2.24, 2.45) is 0 Å². The molecule has 0 aliphatic heterocycles. The smallest absolute Gasteiger partial charge is 0.306 e. The molecule has 0 heterocycles. The van der Waals surface area contributed by atoms with E-state index in [0.717, 1.165) is 12.8 Å². The van der Waals surface area contributed by atoms with Crippen molar-refractivity contribution in [1.29, 1.82) is 0 Å². The number of carbonyl (C=O) groups excluding carboxylic acids is 1. The first-order valence-corrected chi connectivity index (χ1v) is 13.7. The molecule has 0 amide bonds. The molecule has 0 bridgehead atoms. The van der Waals surface area contributed by atoms with Crippen molar-refractivity contribution in [2.45, 2.75) is 129 Å². The Labute approximate surface area is 209 Å². The molecule has 0 aromatic rings. The average Bonchev–Trinajstić information content (AvgIpc) is 2.82. The van der Waals surface area contributed by atoms with Gasteiger partial charge in [-0.1, -0.05) is 96.8 Å². The van der Waals surface area contributed by atoms with Gasteiger partial charge in [-0.2, -0.15) is 0 Å². The number of hydrogen-bond donors (Lipinski definition) is 3. The predicted molar refractivity (Wildman–Crippen MR) is 138 cm³/mol. The molecule has 0 rings (SSSR count). The highest BCUT2D eigenvalue weighted by molar-refractivity contribution is 5.69. The normalized spacial score (nSPS) is 12.6. The van der Waals surface area contributed by atoms with E-state index in [4.69, 9.17) is 24.4 Å². The molecular weight excluding hydrogens is 436 g/mol. The lowest BCUT2D eigenvalue weighted by Crippen LogP contribution is -2.30. The number of aliphatic hydroxyl groups is 3. The molecule has 7 heteroatoms. The maximum absolute atomic E-state index is 12.0. The highest BCUT2D eigenvalue weighted by atomic mass is 16.6. The molecule has 0 aromatic heterocycles. The lowest BCUT2D eigenvalue weighted by atomic mass is 10.0. The van der Waals surface area contributed by atoms with Gasteiger partial charge < -0.3 is 29.5 Å². The van der Waals surface area contributed by atoms with Crippen molar-refractivity contribution in [2.75, 3.05) is 40.1 Å². The Morgan fingerprint density at radius 1 is 0.706 bits per heavy atom. The van der Waals surface area contributed by atoms with Gasteiger partial charge in [-0.3, -0.25) is 4.79 Å². The molecule has 0 radical (unpaired) electrons. The molecule has 34 heavy (non-hydrogen) atoms. The number of aliphatic hydroxyl groups excluding tert-OH is 3. The molecule has 0 spiro atoms. The van der Waals surface area contributed by atoms with Gasteiger partial charge in [0, 0.05) is 20.1 Å². The molecule has 0 saturated carbocycles. The first kappa shape index (κ1) is 35.4. The third-order valence-corrected chi connectivity index (χ3v) is 5.46. The fourth-order valence-corrected chi connectivity index (χ4v) is 3.58. The molecule has 0 aliphatic carbocycles. The summed E-state index contributed by atoms with van der Waals surface area (Å²) in [5.41, 5.74) is 0. The molecule has 2 atom stereocenters. The summed E-state index contributed by atoms with van der Waals surface area (Å²) in [4.78, 5) is 12.0. The highest BCUT2D eigenvalue weighted by Crippen LogP contribution is 2.14. The third kappa shape index (κ3) is 29.3. The molecule has 2 unspecified atom stereocenters. The second-order valence-electron chi connectivity index (χ2n) is 8.96. The van der Waals surface area contributed by atoms with Gasteiger partial charge in [0.2, 0.25) is 0 Å². The van der Waals surface area contributed by atoms with Gasteiger partial charge in [-0.15, -0.1) is 0 Å². The Balaban J connectivity index is 0. The van der Waals surface area contributed by atoms with E-state index in [0.29, 0.717) is 6.42 Å². The number of methoxy groups -OCH3 is 1. The molecule has 0 aliphatic rings. The van der Waals surface area contributed by atoms with Crippen LogP contribution in [0.5, 0.6) is 0 Å². The second-order valence-corrected chi connectivity index (χ2v) is 8.96. The van der Waals surface area contributed by atoms with Crippen molar-refractivity contribution in [3.8, 4) is 0 Å². The summed E-state index contributed by atoms with van der Waals surface area (Å²) in [7, 11) is 1.54. The van der Waals surface area contributed by atoms with E-state index in [2.05, 4.69) is 6.92 Å². The predicted octanol–water partition coefficient (Wildman–Crippen LogP) is 5.17. The number of unbranched alkanes of at least 4 members (excludes halogenated alkanes) is 14. The maximum atomic E-state index is 12.0. The van der Waals surface area contributed by atoms with Crippen LogP contribution in [0, 0.1) is 0 Å². The molecule has 7 nitrogen and oxygen atoms in total. The molecular formula is C27H56O7. The Hall–Kier alpha value is -0.730. The first-order chi connectivity index (χ1) is 16.5. The van der Waals surface area contributed by atoms with Crippen molar-refractivity contribution in [3.63, 3.8) is 0 Å². The minimum absolute atomic E-state index is 0.00725. The van der Waals surface area contributed by atoms with Crippen molar-refractivity contribution < 1.29 is 34.3 Å². The van der Waals surface area contributed by atoms with Crippen LogP contribution in [0.25, 0.3) is 0 Å². The van der Waals surface area contributed by atoms with Crippen LogP contribution < -0.4 is 0 Å². The van der Waals surface area contributed by atoms with Crippen molar-refractivity contribution in [3.05, 3.63) is 0 Å².